The minimum Gasteiger partial charge on any atom is -0.447 e. The maximum atomic E-state index is 11.5. The molecule has 1 aliphatic heterocycles. The zero-order valence-electron chi connectivity index (χ0n) is 10.5. The highest BCUT2D eigenvalue weighted by Crippen LogP contribution is 2.15. The number of nitrogens with zero attached hydrogens (tertiary/aromatic N) is 2. The van der Waals surface area contributed by atoms with Gasteiger partial charge in [-0.05, 0) is 24.1 Å². The number of rotatable bonds is 4. The van der Waals surface area contributed by atoms with Gasteiger partial charge >= 0.3 is 5.97 Å². The van der Waals surface area contributed by atoms with E-state index in [-0.39, 0.29) is 12.5 Å². The first-order valence-corrected chi connectivity index (χ1v) is 6.11. The molecule has 1 aliphatic rings. The summed E-state index contributed by atoms with van der Waals surface area (Å²) in [6.07, 6.45) is 1.54. The summed E-state index contributed by atoms with van der Waals surface area (Å²) in [5.74, 6) is -0.331. The summed E-state index contributed by atoms with van der Waals surface area (Å²) in [6.45, 7) is 1.13. The number of ether oxygens (including phenoxy) is 1. The Kier molecular flexibility index (Phi) is 4.14. The van der Waals surface area contributed by atoms with Gasteiger partial charge in [0.2, 0.25) is 5.91 Å². The first-order valence-electron chi connectivity index (χ1n) is 6.11. The zero-order valence-corrected chi connectivity index (χ0v) is 10.5. The molecule has 98 valence electrons. The summed E-state index contributed by atoms with van der Waals surface area (Å²) < 4.78 is 4.70. The summed E-state index contributed by atoms with van der Waals surface area (Å²) in [5, 5.41) is 8.33. The molecule has 0 spiro atoms. The number of hydrogen-bond donors (Lipinski definition) is 0. The molecule has 0 atom stereocenters. The predicted octanol–water partition coefficient (Wildman–Crippen LogP) is 1.49. The lowest BCUT2D eigenvalue weighted by Crippen LogP contribution is -2.23. The Hall–Kier alpha value is -2.35. The molecule has 0 bridgehead atoms. The molecule has 1 aromatic carbocycles. The Bertz CT molecular complexity index is 516. The van der Waals surface area contributed by atoms with Crippen molar-refractivity contribution in [3.8, 4) is 6.07 Å². The van der Waals surface area contributed by atoms with Crippen LogP contribution < -0.4 is 0 Å². The third kappa shape index (κ3) is 3.32. The fourth-order valence-corrected chi connectivity index (χ4v) is 2.02. The van der Waals surface area contributed by atoms with Crippen LogP contribution in [0.4, 0.5) is 0 Å². The smallest absolute Gasteiger partial charge is 0.339 e. The van der Waals surface area contributed by atoms with E-state index in [0.29, 0.717) is 18.5 Å². The fourth-order valence-electron chi connectivity index (χ4n) is 2.02. The van der Waals surface area contributed by atoms with Crippen LogP contribution in [-0.2, 0) is 16.1 Å². The number of nitriles is 1. The molecule has 0 N–H and O–H groups in total. The minimum atomic E-state index is -0.509. The molecule has 5 nitrogen and oxygen atoms in total. The van der Waals surface area contributed by atoms with Crippen LogP contribution in [0.15, 0.2) is 24.3 Å². The molecular formula is C14H14N2O3. The second kappa shape index (κ2) is 6.01. The Morgan fingerprint density at radius 3 is 2.68 bits per heavy atom. The summed E-state index contributed by atoms with van der Waals surface area (Å²) in [6, 6.07) is 8.64. The van der Waals surface area contributed by atoms with E-state index in [4.69, 9.17) is 10.00 Å². The van der Waals surface area contributed by atoms with E-state index in [9.17, 15) is 9.59 Å². The van der Waals surface area contributed by atoms with Crippen LogP contribution in [-0.4, -0.2) is 29.9 Å². The number of amides is 1. The molecule has 0 unspecified atom stereocenters. The van der Waals surface area contributed by atoms with E-state index in [0.717, 1.165) is 18.5 Å². The molecule has 1 heterocycles. The van der Waals surface area contributed by atoms with E-state index in [2.05, 4.69) is 0 Å². The topological polar surface area (TPSA) is 70.4 Å². The lowest BCUT2D eigenvalue weighted by atomic mass is 10.1. The largest absolute Gasteiger partial charge is 0.447 e. The Balaban J connectivity index is 1.96. The van der Waals surface area contributed by atoms with Gasteiger partial charge in [-0.3, -0.25) is 4.79 Å². The third-order valence-electron chi connectivity index (χ3n) is 3.00. The fraction of sp³-hybridized carbons (Fsp3) is 0.357. The number of likely N-dealkylation sites (tertiary alicyclic amines) is 1. The van der Waals surface area contributed by atoms with Crippen LogP contribution >= 0.6 is 0 Å². The lowest BCUT2D eigenvalue weighted by Gasteiger charge is -2.15. The molecule has 0 radical (unpaired) electrons. The van der Waals surface area contributed by atoms with Gasteiger partial charge in [-0.15, -0.1) is 0 Å². The van der Waals surface area contributed by atoms with Crippen LogP contribution in [0.3, 0.4) is 0 Å². The number of benzene rings is 1. The quantitative estimate of drug-likeness (QED) is 0.767. The number of hydrogen-bond acceptors (Lipinski definition) is 4. The van der Waals surface area contributed by atoms with Crippen molar-refractivity contribution in [3.63, 3.8) is 0 Å². The van der Waals surface area contributed by atoms with E-state index in [1.54, 1.807) is 30.3 Å². The highest BCUT2D eigenvalue weighted by atomic mass is 16.5. The van der Waals surface area contributed by atoms with E-state index in [1.807, 2.05) is 4.90 Å². The van der Waals surface area contributed by atoms with Crippen LogP contribution in [0.2, 0.25) is 0 Å². The number of esters is 1. The van der Waals surface area contributed by atoms with E-state index >= 15 is 0 Å². The summed E-state index contributed by atoms with van der Waals surface area (Å²) in [4.78, 5) is 24.8. The van der Waals surface area contributed by atoms with Crippen molar-refractivity contribution < 1.29 is 14.3 Å². The van der Waals surface area contributed by atoms with Gasteiger partial charge in [0.15, 0.2) is 6.61 Å². The Labute approximate surface area is 111 Å². The van der Waals surface area contributed by atoms with Gasteiger partial charge in [-0.1, -0.05) is 12.1 Å². The van der Waals surface area contributed by atoms with Crippen molar-refractivity contribution in [2.24, 2.45) is 0 Å². The average molecular weight is 258 g/mol. The molecular weight excluding hydrogens is 244 g/mol. The number of carbonyl (C=O) groups is 2. The molecule has 0 aromatic heterocycles. The first-order chi connectivity index (χ1) is 9.20. The molecule has 1 saturated heterocycles. The Morgan fingerprint density at radius 1 is 1.37 bits per heavy atom. The molecule has 1 aromatic rings. The van der Waals surface area contributed by atoms with Crippen molar-refractivity contribution in [3.05, 3.63) is 35.4 Å². The normalized spacial score (nSPS) is 14.3. The van der Waals surface area contributed by atoms with Gasteiger partial charge < -0.3 is 9.64 Å². The van der Waals surface area contributed by atoms with Crippen molar-refractivity contribution in [1.82, 2.24) is 4.90 Å². The van der Waals surface area contributed by atoms with Crippen molar-refractivity contribution in [2.45, 2.75) is 19.4 Å². The highest BCUT2D eigenvalue weighted by Gasteiger charge is 2.19. The van der Waals surface area contributed by atoms with Crippen molar-refractivity contribution in [1.29, 1.82) is 5.26 Å². The Morgan fingerprint density at radius 2 is 2.11 bits per heavy atom. The predicted molar refractivity (Wildman–Crippen MR) is 67.0 cm³/mol. The maximum Gasteiger partial charge on any atom is 0.339 e. The van der Waals surface area contributed by atoms with Crippen LogP contribution in [0.25, 0.3) is 0 Å². The molecule has 1 fully saturated rings. The molecule has 0 aliphatic carbocycles. The van der Waals surface area contributed by atoms with Gasteiger partial charge in [0.25, 0.3) is 0 Å². The monoisotopic (exact) mass is 258 g/mol. The van der Waals surface area contributed by atoms with E-state index in [1.165, 1.54) is 0 Å². The van der Waals surface area contributed by atoms with Crippen LogP contribution in [0.5, 0.6) is 0 Å². The van der Waals surface area contributed by atoms with Gasteiger partial charge in [0, 0.05) is 19.5 Å². The summed E-state index contributed by atoms with van der Waals surface area (Å²) in [7, 11) is 0. The number of carbonyl (C=O) groups excluding carboxylic acids is 2. The standard InChI is InChI=1S/C14H14N2O3/c15-7-9-19-14(18)12-5-3-11(4-6-12)10-16-8-1-2-13(16)17/h3-6H,1-2,8-10H2. The van der Waals surface area contributed by atoms with Crippen molar-refractivity contribution >= 4 is 11.9 Å². The average Bonchev–Trinajstić information content (AvgIpc) is 2.82. The second-order valence-corrected chi connectivity index (χ2v) is 4.35. The third-order valence-corrected chi connectivity index (χ3v) is 3.00. The van der Waals surface area contributed by atoms with Gasteiger partial charge in [0.05, 0.1) is 5.56 Å². The SMILES string of the molecule is N#CCOC(=O)c1ccc(CN2CCCC2=O)cc1. The van der Waals surface area contributed by atoms with Crippen molar-refractivity contribution in [2.75, 3.05) is 13.2 Å². The van der Waals surface area contributed by atoms with Crippen LogP contribution in [0.1, 0.15) is 28.8 Å². The molecule has 5 heteroatoms. The highest BCUT2D eigenvalue weighted by molar-refractivity contribution is 5.89. The molecule has 2 rings (SSSR count). The maximum absolute atomic E-state index is 11.5. The summed E-state index contributed by atoms with van der Waals surface area (Å²) in [5.41, 5.74) is 1.39. The lowest BCUT2D eigenvalue weighted by molar-refractivity contribution is -0.128. The van der Waals surface area contributed by atoms with E-state index < -0.39 is 5.97 Å². The summed E-state index contributed by atoms with van der Waals surface area (Å²) >= 11 is 0. The zero-order chi connectivity index (χ0) is 13.7. The molecule has 19 heavy (non-hydrogen) atoms. The van der Waals surface area contributed by atoms with Crippen LogP contribution in [0, 0.1) is 11.3 Å². The molecule has 1 amide bonds. The second-order valence-electron chi connectivity index (χ2n) is 4.35. The molecule has 0 saturated carbocycles. The van der Waals surface area contributed by atoms with Gasteiger partial charge in [0.1, 0.15) is 6.07 Å². The first kappa shape index (κ1) is 13.1. The van der Waals surface area contributed by atoms with Gasteiger partial charge in [-0.25, -0.2) is 4.79 Å². The van der Waals surface area contributed by atoms with Gasteiger partial charge in [-0.2, -0.15) is 5.26 Å². The minimum absolute atomic E-state index is 0.178.